The molecular formula is C10H18N2O2Si. The first-order valence-electron chi connectivity index (χ1n) is 5.10. The summed E-state index contributed by atoms with van der Waals surface area (Å²) in [6, 6.07) is 0. The van der Waals surface area contributed by atoms with E-state index in [0.717, 1.165) is 5.69 Å². The van der Waals surface area contributed by atoms with Gasteiger partial charge in [-0.25, -0.2) is 4.79 Å². The van der Waals surface area contributed by atoms with Crippen molar-refractivity contribution in [3.8, 4) is 0 Å². The van der Waals surface area contributed by atoms with Crippen LogP contribution in [0.1, 0.15) is 23.0 Å². The Bertz CT molecular complexity index is 366. The average Bonchev–Trinajstić information content (AvgIpc) is 2.47. The SMILES string of the molecule is CCOC(=O)c1cn([Si](C)(C)C)nc1C. The van der Waals surface area contributed by atoms with Crippen LogP contribution in [-0.2, 0) is 4.74 Å². The number of aromatic nitrogens is 2. The number of rotatable bonds is 3. The van der Waals surface area contributed by atoms with E-state index >= 15 is 0 Å². The normalized spacial score (nSPS) is 11.5. The van der Waals surface area contributed by atoms with Crippen molar-refractivity contribution in [2.24, 2.45) is 0 Å². The summed E-state index contributed by atoms with van der Waals surface area (Å²) >= 11 is 0. The molecule has 0 aliphatic carbocycles. The zero-order chi connectivity index (χ0) is 11.6. The van der Waals surface area contributed by atoms with Crippen LogP contribution in [0, 0.1) is 6.92 Å². The molecule has 0 radical (unpaired) electrons. The van der Waals surface area contributed by atoms with Gasteiger partial charge in [-0.05, 0) is 33.5 Å². The number of esters is 1. The fourth-order valence-corrected chi connectivity index (χ4v) is 2.18. The zero-order valence-electron chi connectivity index (χ0n) is 10.00. The summed E-state index contributed by atoms with van der Waals surface area (Å²) in [5.41, 5.74) is 1.33. The van der Waals surface area contributed by atoms with Gasteiger partial charge in [0, 0.05) is 6.20 Å². The number of ether oxygens (including phenoxy) is 1. The van der Waals surface area contributed by atoms with E-state index < -0.39 is 8.24 Å². The van der Waals surface area contributed by atoms with Gasteiger partial charge in [-0.15, -0.1) is 0 Å². The maximum atomic E-state index is 11.5. The summed E-state index contributed by atoms with van der Waals surface area (Å²) < 4.78 is 6.88. The monoisotopic (exact) mass is 226 g/mol. The molecule has 0 aliphatic heterocycles. The van der Waals surface area contributed by atoms with Gasteiger partial charge in [0.15, 0.2) is 8.24 Å². The molecule has 15 heavy (non-hydrogen) atoms. The Hall–Kier alpha value is -1.10. The number of hydrogen-bond donors (Lipinski definition) is 0. The molecule has 0 atom stereocenters. The number of carbonyl (C=O) groups is 1. The fraction of sp³-hybridized carbons (Fsp3) is 0.600. The molecule has 84 valence electrons. The number of nitrogens with zero attached hydrogens (tertiary/aromatic N) is 2. The predicted octanol–water partition coefficient (Wildman–Crippen LogP) is 2.05. The van der Waals surface area contributed by atoms with Crippen molar-refractivity contribution in [2.75, 3.05) is 6.61 Å². The Balaban J connectivity index is 3.02. The Morgan fingerprint density at radius 3 is 2.53 bits per heavy atom. The van der Waals surface area contributed by atoms with Gasteiger partial charge in [-0.2, -0.15) is 5.10 Å². The summed E-state index contributed by atoms with van der Waals surface area (Å²) in [5.74, 6) is -0.278. The third-order valence-corrected chi connectivity index (χ3v) is 3.69. The van der Waals surface area contributed by atoms with Crippen molar-refractivity contribution >= 4 is 14.2 Å². The van der Waals surface area contributed by atoms with Gasteiger partial charge in [0.1, 0.15) is 0 Å². The van der Waals surface area contributed by atoms with Crippen molar-refractivity contribution < 1.29 is 9.53 Å². The van der Waals surface area contributed by atoms with E-state index in [0.29, 0.717) is 12.2 Å². The maximum Gasteiger partial charge on any atom is 0.341 e. The minimum atomic E-state index is -1.51. The molecule has 0 saturated heterocycles. The van der Waals surface area contributed by atoms with Crippen LogP contribution < -0.4 is 0 Å². The Morgan fingerprint density at radius 1 is 1.53 bits per heavy atom. The van der Waals surface area contributed by atoms with E-state index in [2.05, 4.69) is 24.7 Å². The van der Waals surface area contributed by atoms with Gasteiger partial charge >= 0.3 is 5.97 Å². The zero-order valence-corrected chi connectivity index (χ0v) is 11.0. The number of carbonyl (C=O) groups excluding carboxylic acids is 1. The minimum absolute atomic E-state index is 0.278. The molecular weight excluding hydrogens is 208 g/mol. The standard InChI is InChI=1S/C10H18N2O2Si/c1-6-14-10(13)9-7-12(11-8(9)2)15(3,4)5/h7H,6H2,1-5H3. The Labute approximate surface area is 91.3 Å². The van der Waals surface area contributed by atoms with Crippen LogP contribution in [0.2, 0.25) is 19.6 Å². The van der Waals surface area contributed by atoms with E-state index in [9.17, 15) is 4.79 Å². The minimum Gasteiger partial charge on any atom is -0.462 e. The lowest BCUT2D eigenvalue weighted by Crippen LogP contribution is -2.32. The van der Waals surface area contributed by atoms with Gasteiger partial charge < -0.3 is 9.08 Å². The molecule has 0 amide bonds. The van der Waals surface area contributed by atoms with E-state index in [-0.39, 0.29) is 5.97 Å². The predicted molar refractivity (Wildman–Crippen MR) is 61.7 cm³/mol. The summed E-state index contributed by atoms with van der Waals surface area (Å²) in [5, 5.41) is 4.36. The maximum absolute atomic E-state index is 11.5. The molecule has 1 aromatic heterocycles. The van der Waals surface area contributed by atoms with Crippen molar-refractivity contribution in [3.05, 3.63) is 17.5 Å². The van der Waals surface area contributed by atoms with Crippen LogP contribution in [0.3, 0.4) is 0 Å². The van der Waals surface area contributed by atoms with Crippen LogP contribution in [0.4, 0.5) is 0 Å². The smallest absolute Gasteiger partial charge is 0.341 e. The molecule has 0 bridgehead atoms. The molecule has 1 heterocycles. The quantitative estimate of drug-likeness (QED) is 0.585. The molecule has 0 fully saturated rings. The highest BCUT2D eigenvalue weighted by Gasteiger charge is 2.22. The molecule has 0 N–H and O–H groups in total. The third kappa shape index (κ3) is 2.68. The molecule has 0 aromatic carbocycles. The van der Waals surface area contributed by atoms with Crippen LogP contribution in [0.25, 0.3) is 0 Å². The summed E-state index contributed by atoms with van der Waals surface area (Å²) in [6.45, 7) is 10.6. The summed E-state index contributed by atoms with van der Waals surface area (Å²) in [6.07, 6.45) is 1.81. The third-order valence-electron chi connectivity index (χ3n) is 2.08. The molecule has 0 unspecified atom stereocenters. The van der Waals surface area contributed by atoms with Crippen molar-refractivity contribution in [2.45, 2.75) is 33.5 Å². The van der Waals surface area contributed by atoms with Crippen molar-refractivity contribution in [1.82, 2.24) is 9.45 Å². The van der Waals surface area contributed by atoms with Crippen molar-refractivity contribution in [1.29, 1.82) is 0 Å². The van der Waals surface area contributed by atoms with Gasteiger partial charge in [-0.1, -0.05) is 0 Å². The van der Waals surface area contributed by atoms with Gasteiger partial charge in [0.05, 0.1) is 17.9 Å². The van der Waals surface area contributed by atoms with Gasteiger partial charge in [0.2, 0.25) is 0 Å². The highest BCUT2D eigenvalue weighted by molar-refractivity contribution is 6.74. The Kier molecular flexibility index (Phi) is 3.34. The van der Waals surface area contributed by atoms with Crippen LogP contribution in [0.5, 0.6) is 0 Å². The van der Waals surface area contributed by atoms with Crippen LogP contribution in [0.15, 0.2) is 6.20 Å². The lowest BCUT2D eigenvalue weighted by molar-refractivity contribution is 0.0525. The molecule has 0 saturated carbocycles. The molecule has 5 heteroatoms. The van der Waals surface area contributed by atoms with E-state index in [1.165, 1.54) is 0 Å². The van der Waals surface area contributed by atoms with Gasteiger partial charge in [-0.3, -0.25) is 0 Å². The highest BCUT2D eigenvalue weighted by atomic mass is 28.3. The van der Waals surface area contributed by atoms with Crippen LogP contribution in [-0.4, -0.2) is 30.3 Å². The first kappa shape index (κ1) is 12.0. The molecule has 1 rings (SSSR count). The van der Waals surface area contributed by atoms with E-state index in [4.69, 9.17) is 4.74 Å². The Morgan fingerprint density at radius 2 is 2.13 bits per heavy atom. The summed E-state index contributed by atoms with van der Waals surface area (Å²) in [7, 11) is -1.51. The second-order valence-corrected chi connectivity index (χ2v) is 9.26. The van der Waals surface area contributed by atoms with Crippen LogP contribution >= 0.6 is 0 Å². The second-order valence-electron chi connectivity index (χ2n) is 4.46. The van der Waals surface area contributed by atoms with Gasteiger partial charge in [0.25, 0.3) is 0 Å². The topological polar surface area (TPSA) is 44.1 Å². The largest absolute Gasteiger partial charge is 0.462 e. The molecule has 0 aliphatic rings. The molecule has 1 aromatic rings. The number of hydrogen-bond acceptors (Lipinski definition) is 3. The fourth-order valence-electron chi connectivity index (χ4n) is 1.21. The summed E-state index contributed by atoms with van der Waals surface area (Å²) in [4.78, 5) is 11.5. The van der Waals surface area contributed by atoms with E-state index in [1.807, 2.05) is 11.3 Å². The first-order valence-corrected chi connectivity index (χ1v) is 8.55. The first-order chi connectivity index (χ1) is 6.86. The average molecular weight is 226 g/mol. The van der Waals surface area contributed by atoms with Crippen molar-refractivity contribution in [3.63, 3.8) is 0 Å². The highest BCUT2D eigenvalue weighted by Crippen LogP contribution is 2.12. The molecule has 4 nitrogen and oxygen atoms in total. The number of aryl methyl sites for hydroxylation is 1. The second kappa shape index (κ2) is 4.18. The van der Waals surface area contributed by atoms with E-state index in [1.54, 1.807) is 13.1 Å². The lowest BCUT2D eigenvalue weighted by atomic mass is 10.3. The lowest BCUT2D eigenvalue weighted by Gasteiger charge is -2.15. The molecule has 0 spiro atoms.